The van der Waals surface area contributed by atoms with Crippen molar-refractivity contribution in [3.8, 4) is 0 Å². The Kier molecular flexibility index (Phi) is 39.4. The molecule has 0 spiro atoms. The number of esters is 2. The van der Waals surface area contributed by atoms with Crippen molar-refractivity contribution in [3.05, 3.63) is 48.6 Å². The van der Waals surface area contributed by atoms with Gasteiger partial charge < -0.3 is 25.2 Å². The second kappa shape index (κ2) is 41.2. The van der Waals surface area contributed by atoms with E-state index in [0.717, 1.165) is 77.0 Å². The average molecular weight is 840 g/mol. The Labute approximate surface area is 352 Å². The van der Waals surface area contributed by atoms with Gasteiger partial charge in [0.15, 0.2) is 6.10 Å². The summed E-state index contributed by atoms with van der Waals surface area (Å²) >= 11 is 0. The number of rotatable bonds is 42. The van der Waals surface area contributed by atoms with Crippen LogP contribution in [0.5, 0.6) is 0 Å². The molecule has 0 radical (unpaired) electrons. The van der Waals surface area contributed by atoms with Crippen molar-refractivity contribution in [2.24, 2.45) is 5.73 Å². The lowest BCUT2D eigenvalue weighted by molar-refractivity contribution is -0.161. The van der Waals surface area contributed by atoms with Crippen LogP contribution in [-0.2, 0) is 37.5 Å². The van der Waals surface area contributed by atoms with Gasteiger partial charge in [0.2, 0.25) is 0 Å². The number of nitrogens with two attached hydrogens (primary N) is 1. The lowest BCUT2D eigenvalue weighted by Gasteiger charge is -2.20. The largest absolute Gasteiger partial charge is 0.480 e. The number of phosphoric acid groups is 1. The Bertz CT molecular complexity index is 1170. The molecule has 0 saturated carbocycles. The van der Waals surface area contributed by atoms with E-state index in [4.69, 9.17) is 24.8 Å². The minimum Gasteiger partial charge on any atom is -0.480 e. The summed E-state index contributed by atoms with van der Waals surface area (Å²) in [5, 5.41) is 8.89. The summed E-state index contributed by atoms with van der Waals surface area (Å²) in [6.45, 7) is 2.74. The maximum Gasteiger partial charge on any atom is 0.472 e. The Morgan fingerprint density at radius 1 is 0.534 bits per heavy atom. The number of carbonyl (C=O) groups is 3. The van der Waals surface area contributed by atoms with E-state index >= 15 is 0 Å². The van der Waals surface area contributed by atoms with Crippen LogP contribution in [0.1, 0.15) is 194 Å². The number of carboxylic acid groups (broad SMARTS) is 1. The van der Waals surface area contributed by atoms with Crippen LogP contribution in [-0.4, -0.2) is 59.9 Å². The summed E-state index contributed by atoms with van der Waals surface area (Å²) in [4.78, 5) is 46.0. The van der Waals surface area contributed by atoms with Gasteiger partial charge in [0.05, 0.1) is 13.2 Å². The van der Waals surface area contributed by atoms with Gasteiger partial charge in [-0.25, -0.2) is 4.57 Å². The van der Waals surface area contributed by atoms with Crippen molar-refractivity contribution in [2.75, 3.05) is 19.8 Å². The molecule has 3 atom stereocenters. The van der Waals surface area contributed by atoms with Crippen molar-refractivity contribution in [3.63, 3.8) is 0 Å². The van der Waals surface area contributed by atoms with Gasteiger partial charge in [0.1, 0.15) is 12.6 Å². The standard InChI is InChI=1S/C46H82NO10P/c1-3-5-7-9-11-13-15-17-19-20-21-22-24-25-27-29-31-33-35-37-44(48)54-39-42(40-55-58(52,53)56-41-43(47)46(50)51)57-45(49)38-36-34-32-30-28-26-23-18-16-14-12-10-8-6-4-2/h11-14,17-19,23,42-43H,3-10,15-16,20-22,24-41,47H2,1-2H3,(H,50,51)(H,52,53)/b13-11+,14-12+,19-17+,23-18+/t42-,43+/m1/s1. The molecule has 336 valence electrons. The Hall–Kier alpha value is -2.56. The predicted octanol–water partition coefficient (Wildman–Crippen LogP) is 12.2. The third-order valence-corrected chi connectivity index (χ3v) is 10.5. The maximum atomic E-state index is 12.6. The Balaban J connectivity index is 4.35. The molecule has 12 heteroatoms. The fraction of sp³-hybridized carbons (Fsp3) is 0.761. The van der Waals surface area contributed by atoms with Gasteiger partial charge in [-0.3, -0.25) is 23.4 Å². The van der Waals surface area contributed by atoms with Crippen molar-refractivity contribution >= 4 is 25.7 Å². The van der Waals surface area contributed by atoms with E-state index in [9.17, 15) is 23.8 Å². The topological polar surface area (TPSA) is 172 Å². The first-order chi connectivity index (χ1) is 28.1. The van der Waals surface area contributed by atoms with E-state index in [1.807, 2.05) is 0 Å². The first-order valence-corrected chi connectivity index (χ1v) is 24.2. The van der Waals surface area contributed by atoms with Crippen molar-refractivity contribution in [2.45, 2.75) is 206 Å². The molecule has 0 aliphatic rings. The van der Waals surface area contributed by atoms with Gasteiger partial charge in [0.25, 0.3) is 0 Å². The second-order valence-corrected chi connectivity index (χ2v) is 16.6. The van der Waals surface area contributed by atoms with E-state index in [2.05, 4.69) is 67.0 Å². The quantitative estimate of drug-likeness (QED) is 0.0231. The van der Waals surface area contributed by atoms with Crippen LogP contribution >= 0.6 is 7.82 Å². The summed E-state index contributed by atoms with van der Waals surface area (Å²) in [6, 6.07) is -1.53. The zero-order valence-electron chi connectivity index (χ0n) is 36.4. The smallest absolute Gasteiger partial charge is 0.472 e. The molecule has 0 aromatic rings. The third-order valence-electron chi connectivity index (χ3n) is 9.55. The van der Waals surface area contributed by atoms with Gasteiger partial charge in [-0.1, -0.05) is 152 Å². The molecule has 0 heterocycles. The van der Waals surface area contributed by atoms with Crippen LogP contribution in [0.25, 0.3) is 0 Å². The van der Waals surface area contributed by atoms with Crippen molar-refractivity contribution in [1.82, 2.24) is 0 Å². The second-order valence-electron chi connectivity index (χ2n) is 15.2. The van der Waals surface area contributed by atoms with E-state index in [0.29, 0.717) is 12.8 Å². The summed E-state index contributed by atoms with van der Waals surface area (Å²) in [5.41, 5.74) is 5.33. The summed E-state index contributed by atoms with van der Waals surface area (Å²) in [6.07, 6.45) is 45.9. The molecule has 4 N–H and O–H groups in total. The molecule has 0 amide bonds. The Morgan fingerprint density at radius 2 is 0.914 bits per heavy atom. The molecule has 0 fully saturated rings. The fourth-order valence-electron chi connectivity index (χ4n) is 5.95. The molecule has 1 unspecified atom stereocenters. The number of phosphoric ester groups is 1. The molecular formula is C46H82NO10P. The zero-order chi connectivity index (χ0) is 42.8. The van der Waals surface area contributed by atoms with Crippen LogP contribution < -0.4 is 5.73 Å². The van der Waals surface area contributed by atoms with E-state index in [1.54, 1.807) is 0 Å². The number of carbonyl (C=O) groups excluding carboxylic acids is 2. The van der Waals surface area contributed by atoms with E-state index in [-0.39, 0.29) is 19.4 Å². The lowest BCUT2D eigenvalue weighted by Crippen LogP contribution is -2.34. The summed E-state index contributed by atoms with van der Waals surface area (Å²) in [5.74, 6) is -2.40. The van der Waals surface area contributed by atoms with Crippen LogP contribution in [0.15, 0.2) is 48.6 Å². The number of hydrogen-bond donors (Lipinski definition) is 3. The third kappa shape index (κ3) is 40.2. The van der Waals surface area contributed by atoms with Crippen LogP contribution in [0.2, 0.25) is 0 Å². The van der Waals surface area contributed by atoms with Gasteiger partial charge in [-0.05, 0) is 77.0 Å². The first-order valence-electron chi connectivity index (χ1n) is 22.7. The number of ether oxygens (including phenoxy) is 2. The van der Waals surface area contributed by atoms with Crippen LogP contribution in [0.4, 0.5) is 0 Å². The number of carboxylic acids is 1. The van der Waals surface area contributed by atoms with Crippen LogP contribution in [0.3, 0.4) is 0 Å². The Morgan fingerprint density at radius 3 is 1.34 bits per heavy atom. The minimum absolute atomic E-state index is 0.143. The van der Waals surface area contributed by atoms with Gasteiger partial charge >= 0.3 is 25.7 Å². The molecule has 0 aliphatic heterocycles. The number of aliphatic carboxylic acids is 1. The number of hydrogen-bond acceptors (Lipinski definition) is 9. The molecule has 58 heavy (non-hydrogen) atoms. The number of allylic oxidation sites excluding steroid dienone is 8. The first kappa shape index (κ1) is 55.4. The molecule has 0 bridgehead atoms. The fourth-order valence-corrected chi connectivity index (χ4v) is 6.73. The van der Waals surface area contributed by atoms with Crippen molar-refractivity contribution in [1.29, 1.82) is 0 Å². The maximum absolute atomic E-state index is 12.6. The van der Waals surface area contributed by atoms with Gasteiger partial charge in [-0.15, -0.1) is 0 Å². The normalized spacial score (nSPS) is 14.1. The SMILES string of the molecule is CCCCC/C=C/C/C=C/CCCCCCCCCCCC(=O)OC[C@H](COP(=O)(O)OC[C@H](N)C(=O)O)OC(=O)CCCCCCC/C=C/C/C=C/CCCCC. The molecule has 0 saturated heterocycles. The number of unbranched alkanes of at least 4 members (excludes halogenated alkanes) is 20. The highest BCUT2D eigenvalue weighted by Gasteiger charge is 2.28. The molecule has 0 aromatic carbocycles. The molecular weight excluding hydrogens is 757 g/mol. The summed E-state index contributed by atoms with van der Waals surface area (Å²) < 4.78 is 32.7. The monoisotopic (exact) mass is 840 g/mol. The zero-order valence-corrected chi connectivity index (χ0v) is 37.3. The minimum atomic E-state index is -4.72. The van der Waals surface area contributed by atoms with Gasteiger partial charge in [0, 0.05) is 12.8 Å². The van der Waals surface area contributed by atoms with E-state index in [1.165, 1.54) is 77.0 Å². The molecule has 0 rings (SSSR count). The van der Waals surface area contributed by atoms with Crippen LogP contribution in [0, 0.1) is 0 Å². The molecule has 0 aliphatic carbocycles. The van der Waals surface area contributed by atoms with E-state index < -0.39 is 51.1 Å². The van der Waals surface area contributed by atoms with Crippen molar-refractivity contribution < 1.29 is 47.5 Å². The highest BCUT2D eigenvalue weighted by atomic mass is 31.2. The van der Waals surface area contributed by atoms with Gasteiger partial charge in [-0.2, -0.15) is 0 Å². The lowest BCUT2D eigenvalue weighted by atomic mass is 10.1. The molecule has 11 nitrogen and oxygen atoms in total. The summed E-state index contributed by atoms with van der Waals surface area (Å²) in [7, 11) is -4.72. The predicted molar refractivity (Wildman–Crippen MR) is 235 cm³/mol. The highest BCUT2D eigenvalue weighted by Crippen LogP contribution is 2.43. The highest BCUT2D eigenvalue weighted by molar-refractivity contribution is 7.47. The average Bonchev–Trinajstić information content (AvgIpc) is 3.20. The molecule has 0 aromatic heterocycles.